The molecular weight excluding hydrogens is 130 g/mol. The summed E-state index contributed by atoms with van der Waals surface area (Å²) in [5.41, 5.74) is 0. The predicted molar refractivity (Wildman–Crippen MR) is 38.9 cm³/mol. The van der Waals surface area contributed by atoms with Gasteiger partial charge in [0.15, 0.2) is 6.29 Å². The SMILES string of the molecule is CNCCC1OCCCO1. The van der Waals surface area contributed by atoms with E-state index in [0.29, 0.717) is 0 Å². The zero-order valence-corrected chi connectivity index (χ0v) is 6.43. The van der Waals surface area contributed by atoms with Gasteiger partial charge in [-0.05, 0) is 20.0 Å². The van der Waals surface area contributed by atoms with Crippen LogP contribution in [0.2, 0.25) is 0 Å². The fraction of sp³-hybridized carbons (Fsp3) is 1.00. The summed E-state index contributed by atoms with van der Waals surface area (Å²) in [7, 11) is 1.93. The van der Waals surface area contributed by atoms with Crippen LogP contribution in [0.25, 0.3) is 0 Å². The summed E-state index contributed by atoms with van der Waals surface area (Å²) in [5.74, 6) is 0. The molecule has 10 heavy (non-hydrogen) atoms. The Balaban J connectivity index is 2.02. The highest BCUT2D eigenvalue weighted by Gasteiger charge is 2.12. The van der Waals surface area contributed by atoms with Gasteiger partial charge in [-0.1, -0.05) is 0 Å². The fourth-order valence-corrected chi connectivity index (χ4v) is 0.965. The van der Waals surface area contributed by atoms with Crippen molar-refractivity contribution in [2.75, 3.05) is 26.8 Å². The second kappa shape index (κ2) is 4.66. The van der Waals surface area contributed by atoms with E-state index in [-0.39, 0.29) is 6.29 Å². The molecule has 0 bridgehead atoms. The molecule has 0 aromatic heterocycles. The zero-order valence-electron chi connectivity index (χ0n) is 6.43. The Morgan fingerprint density at radius 3 is 2.70 bits per heavy atom. The summed E-state index contributed by atoms with van der Waals surface area (Å²) in [4.78, 5) is 0. The van der Waals surface area contributed by atoms with E-state index in [2.05, 4.69) is 5.32 Å². The smallest absolute Gasteiger partial charge is 0.158 e. The van der Waals surface area contributed by atoms with Gasteiger partial charge in [0, 0.05) is 6.42 Å². The first kappa shape index (κ1) is 7.98. The molecule has 0 aliphatic carbocycles. The Hall–Kier alpha value is -0.120. The zero-order chi connectivity index (χ0) is 7.23. The van der Waals surface area contributed by atoms with Crippen LogP contribution in [0, 0.1) is 0 Å². The summed E-state index contributed by atoms with van der Waals surface area (Å²) >= 11 is 0. The van der Waals surface area contributed by atoms with Crippen LogP contribution >= 0.6 is 0 Å². The van der Waals surface area contributed by atoms with Gasteiger partial charge in [-0.15, -0.1) is 0 Å². The van der Waals surface area contributed by atoms with Crippen molar-refractivity contribution in [2.45, 2.75) is 19.1 Å². The largest absolute Gasteiger partial charge is 0.353 e. The van der Waals surface area contributed by atoms with Crippen molar-refractivity contribution in [1.29, 1.82) is 0 Å². The molecule has 0 saturated carbocycles. The van der Waals surface area contributed by atoms with Gasteiger partial charge in [0.05, 0.1) is 13.2 Å². The predicted octanol–water partition coefficient (Wildman–Crippen LogP) is 0.359. The Kier molecular flexibility index (Phi) is 3.72. The van der Waals surface area contributed by atoms with Crippen molar-refractivity contribution < 1.29 is 9.47 Å². The molecule has 1 saturated heterocycles. The Labute approximate surface area is 61.7 Å². The van der Waals surface area contributed by atoms with Gasteiger partial charge in [0.25, 0.3) is 0 Å². The van der Waals surface area contributed by atoms with E-state index in [1.165, 1.54) is 0 Å². The molecule has 0 radical (unpaired) electrons. The molecule has 3 nitrogen and oxygen atoms in total. The van der Waals surface area contributed by atoms with Crippen molar-refractivity contribution in [1.82, 2.24) is 5.32 Å². The lowest BCUT2D eigenvalue weighted by molar-refractivity contribution is -0.180. The summed E-state index contributed by atoms with van der Waals surface area (Å²) in [5, 5.41) is 3.05. The molecule has 1 rings (SSSR count). The van der Waals surface area contributed by atoms with Crippen molar-refractivity contribution in [3.63, 3.8) is 0 Å². The van der Waals surface area contributed by atoms with Crippen molar-refractivity contribution in [3.8, 4) is 0 Å². The van der Waals surface area contributed by atoms with Gasteiger partial charge in [0.1, 0.15) is 0 Å². The molecule has 0 aromatic carbocycles. The van der Waals surface area contributed by atoms with Crippen LogP contribution in [-0.4, -0.2) is 33.1 Å². The van der Waals surface area contributed by atoms with Crippen molar-refractivity contribution in [2.24, 2.45) is 0 Å². The number of rotatable bonds is 3. The first-order valence-electron chi connectivity index (χ1n) is 3.81. The van der Waals surface area contributed by atoms with Crippen LogP contribution in [0.4, 0.5) is 0 Å². The fourth-order valence-electron chi connectivity index (χ4n) is 0.965. The Morgan fingerprint density at radius 1 is 1.40 bits per heavy atom. The van der Waals surface area contributed by atoms with Crippen LogP contribution in [0.1, 0.15) is 12.8 Å². The molecular formula is C7H15NO2. The van der Waals surface area contributed by atoms with Crippen LogP contribution in [-0.2, 0) is 9.47 Å². The molecule has 1 aliphatic rings. The highest BCUT2D eigenvalue weighted by molar-refractivity contribution is 4.52. The molecule has 1 heterocycles. The minimum atomic E-state index is 0.0428. The van der Waals surface area contributed by atoms with Crippen molar-refractivity contribution in [3.05, 3.63) is 0 Å². The van der Waals surface area contributed by atoms with E-state index < -0.39 is 0 Å². The normalized spacial score (nSPS) is 21.3. The lowest BCUT2D eigenvalue weighted by atomic mass is 10.3. The van der Waals surface area contributed by atoms with E-state index >= 15 is 0 Å². The van der Waals surface area contributed by atoms with Crippen molar-refractivity contribution >= 4 is 0 Å². The second-order valence-electron chi connectivity index (χ2n) is 2.42. The topological polar surface area (TPSA) is 30.5 Å². The average Bonchev–Trinajstić information content (AvgIpc) is 2.03. The maximum Gasteiger partial charge on any atom is 0.158 e. The lowest BCUT2D eigenvalue weighted by Gasteiger charge is -2.22. The third kappa shape index (κ3) is 2.64. The highest BCUT2D eigenvalue weighted by atomic mass is 16.7. The second-order valence-corrected chi connectivity index (χ2v) is 2.42. The molecule has 0 unspecified atom stereocenters. The molecule has 1 N–H and O–H groups in total. The van der Waals surface area contributed by atoms with Gasteiger partial charge >= 0.3 is 0 Å². The average molecular weight is 145 g/mol. The third-order valence-corrected chi connectivity index (χ3v) is 1.53. The summed E-state index contributed by atoms with van der Waals surface area (Å²) in [6.07, 6.45) is 2.04. The quantitative estimate of drug-likeness (QED) is 0.622. The Morgan fingerprint density at radius 2 is 2.10 bits per heavy atom. The first-order chi connectivity index (χ1) is 4.93. The van der Waals surface area contributed by atoms with Gasteiger partial charge in [-0.3, -0.25) is 0 Å². The van der Waals surface area contributed by atoms with Crippen LogP contribution in [0.5, 0.6) is 0 Å². The maximum atomic E-state index is 5.32. The molecule has 1 aliphatic heterocycles. The first-order valence-corrected chi connectivity index (χ1v) is 3.81. The van der Waals surface area contributed by atoms with Gasteiger partial charge < -0.3 is 14.8 Å². The molecule has 0 amide bonds. The summed E-state index contributed by atoms with van der Waals surface area (Å²) in [6, 6.07) is 0. The minimum Gasteiger partial charge on any atom is -0.353 e. The van der Waals surface area contributed by atoms with Gasteiger partial charge in [0.2, 0.25) is 0 Å². The summed E-state index contributed by atoms with van der Waals surface area (Å²) < 4.78 is 10.6. The monoisotopic (exact) mass is 145 g/mol. The van der Waals surface area contributed by atoms with Gasteiger partial charge in [-0.25, -0.2) is 0 Å². The van der Waals surface area contributed by atoms with E-state index in [1.54, 1.807) is 0 Å². The number of hydrogen-bond acceptors (Lipinski definition) is 3. The Bertz CT molecular complexity index is 81.7. The van der Waals surface area contributed by atoms with Crippen LogP contribution in [0.15, 0.2) is 0 Å². The highest BCUT2D eigenvalue weighted by Crippen LogP contribution is 2.06. The maximum absolute atomic E-state index is 5.32. The molecule has 0 spiro atoms. The van der Waals surface area contributed by atoms with Gasteiger partial charge in [-0.2, -0.15) is 0 Å². The number of nitrogens with one attached hydrogen (secondary N) is 1. The van der Waals surface area contributed by atoms with E-state index in [1.807, 2.05) is 7.05 Å². The standard InChI is InChI=1S/C7H15NO2/c1-8-4-3-7-9-5-2-6-10-7/h7-8H,2-6H2,1H3. The molecule has 60 valence electrons. The molecule has 1 fully saturated rings. The molecule has 0 atom stereocenters. The number of hydrogen-bond donors (Lipinski definition) is 1. The lowest BCUT2D eigenvalue weighted by Crippen LogP contribution is -2.27. The number of ether oxygens (including phenoxy) is 2. The molecule has 0 aromatic rings. The third-order valence-electron chi connectivity index (χ3n) is 1.53. The van der Waals surface area contributed by atoms with E-state index in [0.717, 1.165) is 32.6 Å². The van der Waals surface area contributed by atoms with Crippen LogP contribution in [0.3, 0.4) is 0 Å². The molecule has 3 heteroatoms. The van der Waals surface area contributed by atoms with E-state index in [9.17, 15) is 0 Å². The van der Waals surface area contributed by atoms with Crippen LogP contribution < -0.4 is 5.32 Å². The summed E-state index contributed by atoms with van der Waals surface area (Å²) in [6.45, 7) is 2.67. The van der Waals surface area contributed by atoms with E-state index in [4.69, 9.17) is 9.47 Å². The minimum absolute atomic E-state index is 0.0428.